The van der Waals surface area contributed by atoms with Crippen molar-refractivity contribution in [2.75, 3.05) is 0 Å². The lowest BCUT2D eigenvalue weighted by Gasteiger charge is -2.06. The number of hydrogen-bond acceptors (Lipinski definition) is 0. The second-order valence-electron chi connectivity index (χ2n) is 2.73. The maximum atomic E-state index is 3.84. The van der Waals surface area contributed by atoms with Crippen molar-refractivity contribution in [2.45, 2.75) is 13.8 Å². The molecular formula is C10H11Si. The van der Waals surface area contributed by atoms with Crippen LogP contribution < -0.4 is 0 Å². The lowest BCUT2D eigenvalue weighted by atomic mass is 10.0. The standard InChI is InChI=1S/C10H11Si/c1-7-5-4-6-10(8(7)2)9(3)11/h4-6H,3H2,1-2H3. The van der Waals surface area contributed by atoms with Gasteiger partial charge in [-0.05, 0) is 30.5 Å². The third-order valence-electron chi connectivity index (χ3n) is 1.93. The van der Waals surface area contributed by atoms with Gasteiger partial charge in [-0.1, -0.05) is 23.4 Å². The van der Waals surface area contributed by atoms with Crippen molar-refractivity contribution < 1.29 is 0 Å². The highest BCUT2D eigenvalue weighted by Gasteiger charge is 1.99. The molecule has 0 aliphatic carbocycles. The average molecular weight is 159 g/mol. The lowest BCUT2D eigenvalue weighted by molar-refractivity contribution is 1.32. The van der Waals surface area contributed by atoms with E-state index in [2.05, 4.69) is 42.8 Å². The average Bonchev–Trinajstić information content (AvgIpc) is 1.94. The van der Waals surface area contributed by atoms with Gasteiger partial charge < -0.3 is 0 Å². The van der Waals surface area contributed by atoms with E-state index in [-0.39, 0.29) is 0 Å². The number of rotatable bonds is 1. The molecule has 0 spiro atoms. The van der Waals surface area contributed by atoms with Gasteiger partial charge in [0.25, 0.3) is 0 Å². The van der Waals surface area contributed by atoms with Gasteiger partial charge in [0.05, 0.1) is 10.2 Å². The van der Waals surface area contributed by atoms with E-state index in [1.807, 2.05) is 6.07 Å². The summed E-state index contributed by atoms with van der Waals surface area (Å²) in [5.74, 6) is 0. The molecule has 0 saturated heterocycles. The van der Waals surface area contributed by atoms with Crippen molar-refractivity contribution in [1.29, 1.82) is 0 Å². The zero-order valence-corrected chi connectivity index (χ0v) is 7.94. The SMILES string of the molecule is C=C([Si])c1cccc(C)c1C. The van der Waals surface area contributed by atoms with Crippen molar-refractivity contribution in [3.63, 3.8) is 0 Å². The van der Waals surface area contributed by atoms with Gasteiger partial charge >= 0.3 is 0 Å². The molecule has 0 aliphatic heterocycles. The van der Waals surface area contributed by atoms with Crippen molar-refractivity contribution in [3.05, 3.63) is 41.5 Å². The molecule has 1 heteroatoms. The predicted octanol–water partition coefficient (Wildman–Crippen LogP) is 2.44. The first-order chi connectivity index (χ1) is 5.13. The molecule has 0 bridgehead atoms. The fourth-order valence-corrected chi connectivity index (χ4v) is 1.35. The lowest BCUT2D eigenvalue weighted by Crippen LogP contribution is -1.89. The van der Waals surface area contributed by atoms with Crippen LogP contribution in [0.2, 0.25) is 0 Å². The van der Waals surface area contributed by atoms with Crippen molar-refractivity contribution in [2.24, 2.45) is 0 Å². The van der Waals surface area contributed by atoms with Crippen molar-refractivity contribution in [3.8, 4) is 0 Å². The van der Waals surface area contributed by atoms with Gasteiger partial charge in [-0.15, -0.1) is 6.58 Å². The van der Waals surface area contributed by atoms with Gasteiger partial charge in [-0.25, -0.2) is 0 Å². The quantitative estimate of drug-likeness (QED) is 0.552. The molecule has 0 unspecified atom stereocenters. The van der Waals surface area contributed by atoms with Gasteiger partial charge in [-0.3, -0.25) is 0 Å². The molecule has 0 aliphatic rings. The van der Waals surface area contributed by atoms with Crippen LogP contribution in [-0.4, -0.2) is 10.2 Å². The van der Waals surface area contributed by atoms with Gasteiger partial charge in [0.2, 0.25) is 0 Å². The van der Waals surface area contributed by atoms with E-state index in [1.165, 1.54) is 16.7 Å². The third-order valence-corrected chi connectivity index (χ3v) is 2.20. The van der Waals surface area contributed by atoms with Gasteiger partial charge in [0.1, 0.15) is 0 Å². The smallest absolute Gasteiger partial charge is 0.0712 e. The summed E-state index contributed by atoms with van der Waals surface area (Å²) in [6.45, 7) is 8.05. The molecule has 0 amide bonds. The van der Waals surface area contributed by atoms with E-state index in [1.54, 1.807) is 0 Å². The highest BCUT2D eigenvalue weighted by atomic mass is 28.1. The number of hydrogen-bond donors (Lipinski definition) is 0. The monoisotopic (exact) mass is 159 g/mol. The molecule has 0 aromatic heterocycles. The molecular weight excluding hydrogens is 148 g/mol. The van der Waals surface area contributed by atoms with E-state index in [0.717, 1.165) is 5.20 Å². The Hall–Kier alpha value is -0.823. The second kappa shape index (κ2) is 3.05. The van der Waals surface area contributed by atoms with Crippen LogP contribution in [0.15, 0.2) is 24.8 Å². The Kier molecular flexibility index (Phi) is 2.30. The van der Waals surface area contributed by atoms with Gasteiger partial charge in [0, 0.05) is 0 Å². The van der Waals surface area contributed by atoms with Crippen molar-refractivity contribution >= 4 is 15.4 Å². The summed E-state index contributed by atoms with van der Waals surface area (Å²) in [6.07, 6.45) is 0. The molecule has 0 nitrogen and oxygen atoms in total. The molecule has 55 valence electrons. The molecule has 1 aromatic rings. The van der Waals surface area contributed by atoms with Crippen molar-refractivity contribution in [1.82, 2.24) is 0 Å². The maximum Gasteiger partial charge on any atom is 0.0712 e. The summed E-state index contributed by atoms with van der Waals surface area (Å²) in [4.78, 5) is 0. The first-order valence-electron chi connectivity index (χ1n) is 3.60. The fraction of sp³-hybridized carbons (Fsp3) is 0.200. The first-order valence-corrected chi connectivity index (χ1v) is 4.10. The summed E-state index contributed by atoms with van der Waals surface area (Å²) in [6, 6.07) is 6.22. The Morgan fingerprint density at radius 3 is 2.45 bits per heavy atom. The Morgan fingerprint density at radius 2 is 2.00 bits per heavy atom. The van der Waals surface area contributed by atoms with Crippen LogP contribution >= 0.6 is 0 Å². The topological polar surface area (TPSA) is 0 Å². The second-order valence-corrected chi connectivity index (χ2v) is 3.33. The van der Waals surface area contributed by atoms with Gasteiger partial charge in [0.15, 0.2) is 0 Å². The zero-order valence-electron chi connectivity index (χ0n) is 6.94. The Bertz CT molecular complexity index is 287. The minimum absolute atomic E-state index is 0.950. The summed E-state index contributed by atoms with van der Waals surface area (Å²) in [5, 5.41) is 0.950. The Balaban J connectivity index is 3.27. The van der Waals surface area contributed by atoms with Gasteiger partial charge in [-0.2, -0.15) is 0 Å². The van der Waals surface area contributed by atoms with E-state index >= 15 is 0 Å². The summed E-state index contributed by atoms with van der Waals surface area (Å²) < 4.78 is 0. The van der Waals surface area contributed by atoms with Crippen LogP contribution in [0.25, 0.3) is 5.20 Å². The van der Waals surface area contributed by atoms with Crippen LogP contribution in [0.5, 0.6) is 0 Å². The summed E-state index contributed by atoms with van der Waals surface area (Å²) in [5.41, 5.74) is 3.80. The highest BCUT2D eigenvalue weighted by Crippen LogP contribution is 2.17. The third kappa shape index (κ3) is 1.60. The molecule has 0 heterocycles. The fourth-order valence-electron chi connectivity index (χ4n) is 1.08. The molecule has 0 atom stereocenters. The van der Waals surface area contributed by atoms with Crippen LogP contribution in [-0.2, 0) is 0 Å². The first kappa shape index (κ1) is 8.28. The van der Waals surface area contributed by atoms with Crippen LogP contribution in [0, 0.1) is 13.8 Å². The Labute approximate surface area is 71.4 Å². The minimum atomic E-state index is 0.950. The predicted molar refractivity (Wildman–Crippen MR) is 50.7 cm³/mol. The van der Waals surface area contributed by atoms with E-state index < -0.39 is 0 Å². The van der Waals surface area contributed by atoms with E-state index in [4.69, 9.17) is 0 Å². The summed E-state index contributed by atoms with van der Waals surface area (Å²) >= 11 is 0. The molecule has 3 radical (unpaired) electrons. The maximum absolute atomic E-state index is 3.84. The zero-order chi connectivity index (χ0) is 8.43. The van der Waals surface area contributed by atoms with Crippen LogP contribution in [0.1, 0.15) is 16.7 Å². The highest BCUT2D eigenvalue weighted by molar-refractivity contribution is 6.41. The molecule has 1 rings (SSSR count). The minimum Gasteiger partial charge on any atom is -0.100 e. The molecule has 0 saturated carbocycles. The summed E-state index contributed by atoms with van der Waals surface area (Å²) in [7, 11) is 3.42. The molecule has 1 aromatic carbocycles. The van der Waals surface area contributed by atoms with E-state index in [9.17, 15) is 0 Å². The number of benzene rings is 1. The molecule has 0 N–H and O–H groups in total. The van der Waals surface area contributed by atoms with Crippen LogP contribution in [0.4, 0.5) is 0 Å². The Morgan fingerprint density at radius 1 is 1.36 bits per heavy atom. The molecule has 11 heavy (non-hydrogen) atoms. The number of aryl methyl sites for hydroxylation is 1. The molecule has 0 fully saturated rings. The van der Waals surface area contributed by atoms with E-state index in [0.29, 0.717) is 0 Å². The normalized spacial score (nSPS) is 9.73. The van der Waals surface area contributed by atoms with Crippen LogP contribution in [0.3, 0.4) is 0 Å². The largest absolute Gasteiger partial charge is 0.100 e.